The van der Waals surface area contributed by atoms with Gasteiger partial charge in [0.15, 0.2) is 0 Å². The summed E-state index contributed by atoms with van der Waals surface area (Å²) in [5.41, 5.74) is -0.144. The summed E-state index contributed by atoms with van der Waals surface area (Å²) in [5, 5.41) is 3.48. The third kappa shape index (κ3) is 5.82. The van der Waals surface area contributed by atoms with Gasteiger partial charge in [-0.1, -0.05) is 0 Å². The minimum atomic E-state index is -2.87. The maximum absolute atomic E-state index is 11.1. The molecule has 1 heterocycles. The van der Waals surface area contributed by atoms with Gasteiger partial charge < -0.3 is 10.1 Å². The zero-order chi connectivity index (χ0) is 12.2. The zero-order valence-corrected chi connectivity index (χ0v) is 11.3. The van der Waals surface area contributed by atoms with Gasteiger partial charge in [0, 0.05) is 24.4 Å². The van der Waals surface area contributed by atoms with E-state index in [1.807, 2.05) is 13.8 Å². The Balaban J connectivity index is 2.37. The van der Waals surface area contributed by atoms with Crippen molar-refractivity contribution in [2.24, 2.45) is 0 Å². The van der Waals surface area contributed by atoms with E-state index in [1.165, 1.54) is 6.26 Å². The molecule has 0 radical (unpaired) electrons. The number of hydrogen-bond donors (Lipinski definition) is 1. The topological polar surface area (TPSA) is 55.4 Å². The molecular formula is C11H23NO3S. The summed E-state index contributed by atoms with van der Waals surface area (Å²) in [6, 6.07) is 0.364. The lowest BCUT2D eigenvalue weighted by Crippen LogP contribution is -2.50. The number of sulfone groups is 1. The fourth-order valence-corrected chi connectivity index (χ4v) is 2.80. The van der Waals surface area contributed by atoms with E-state index in [0.717, 1.165) is 26.1 Å². The van der Waals surface area contributed by atoms with Gasteiger partial charge in [0.2, 0.25) is 0 Å². The van der Waals surface area contributed by atoms with Gasteiger partial charge in [0.25, 0.3) is 0 Å². The lowest BCUT2D eigenvalue weighted by molar-refractivity contribution is 0.0600. The Morgan fingerprint density at radius 1 is 1.44 bits per heavy atom. The minimum absolute atomic E-state index is 0.144. The number of hydrogen-bond acceptors (Lipinski definition) is 4. The summed E-state index contributed by atoms with van der Waals surface area (Å²) < 4.78 is 27.6. The fourth-order valence-electron chi connectivity index (χ4n) is 1.92. The molecule has 1 aliphatic rings. The highest BCUT2D eigenvalue weighted by Crippen LogP contribution is 2.15. The molecule has 1 aliphatic heterocycles. The first kappa shape index (κ1) is 13.9. The molecule has 16 heavy (non-hydrogen) atoms. The molecule has 0 amide bonds. The first-order chi connectivity index (χ1) is 7.29. The summed E-state index contributed by atoms with van der Waals surface area (Å²) in [5.74, 6) is 0.237. The molecule has 1 fully saturated rings. The van der Waals surface area contributed by atoms with E-state index >= 15 is 0 Å². The largest absolute Gasteiger partial charge is 0.380 e. The van der Waals surface area contributed by atoms with Crippen LogP contribution < -0.4 is 5.32 Å². The lowest BCUT2D eigenvalue weighted by Gasteiger charge is -2.33. The van der Waals surface area contributed by atoms with Crippen molar-refractivity contribution in [3.05, 3.63) is 0 Å². The molecule has 4 nitrogen and oxygen atoms in total. The predicted octanol–water partition coefficient (Wildman–Crippen LogP) is 0.968. The fraction of sp³-hybridized carbons (Fsp3) is 1.00. The number of ether oxygens (including phenoxy) is 1. The second kappa shape index (κ2) is 5.47. The second-order valence-electron chi connectivity index (χ2n) is 5.32. The van der Waals surface area contributed by atoms with E-state index in [0.29, 0.717) is 12.5 Å². The third-order valence-electron chi connectivity index (χ3n) is 2.85. The van der Waals surface area contributed by atoms with Gasteiger partial charge >= 0.3 is 0 Å². The maximum atomic E-state index is 11.1. The molecule has 96 valence electrons. The molecule has 0 aromatic carbocycles. The number of rotatable bonds is 5. The van der Waals surface area contributed by atoms with Crippen LogP contribution >= 0.6 is 0 Å². The van der Waals surface area contributed by atoms with E-state index in [4.69, 9.17) is 4.74 Å². The van der Waals surface area contributed by atoms with Crippen molar-refractivity contribution in [1.29, 1.82) is 0 Å². The lowest BCUT2D eigenvalue weighted by atomic mass is 9.98. The summed E-state index contributed by atoms with van der Waals surface area (Å²) >= 11 is 0. The standard InChI is InChI=1S/C11H23NO3S/c1-11(2,6-8-16(3,13)14)12-10-5-4-7-15-9-10/h10,12H,4-9H2,1-3H3. The monoisotopic (exact) mass is 249 g/mol. The summed E-state index contributed by atoms with van der Waals surface area (Å²) in [4.78, 5) is 0. The van der Waals surface area contributed by atoms with Crippen LogP contribution in [-0.2, 0) is 14.6 Å². The molecule has 5 heteroatoms. The highest BCUT2D eigenvalue weighted by Gasteiger charge is 2.24. The highest BCUT2D eigenvalue weighted by molar-refractivity contribution is 7.90. The zero-order valence-electron chi connectivity index (χ0n) is 10.5. The molecule has 0 bridgehead atoms. The van der Waals surface area contributed by atoms with Crippen LogP contribution in [0.15, 0.2) is 0 Å². The molecule has 0 aliphatic carbocycles. The van der Waals surface area contributed by atoms with Gasteiger partial charge in [0.05, 0.1) is 12.4 Å². The van der Waals surface area contributed by atoms with Crippen molar-refractivity contribution < 1.29 is 13.2 Å². The van der Waals surface area contributed by atoms with Crippen LogP contribution in [0.1, 0.15) is 33.1 Å². The van der Waals surface area contributed by atoms with Crippen molar-refractivity contribution in [2.75, 3.05) is 25.2 Å². The summed E-state index contributed by atoms with van der Waals surface area (Å²) in [6.07, 6.45) is 4.12. The summed E-state index contributed by atoms with van der Waals surface area (Å²) in [7, 11) is -2.87. The average molecular weight is 249 g/mol. The Hall–Kier alpha value is -0.130. The van der Waals surface area contributed by atoms with Crippen LogP contribution in [0.3, 0.4) is 0 Å². The molecular weight excluding hydrogens is 226 g/mol. The van der Waals surface area contributed by atoms with Gasteiger partial charge in [0.1, 0.15) is 9.84 Å². The first-order valence-corrected chi connectivity index (χ1v) is 7.88. The van der Waals surface area contributed by atoms with Crippen LogP contribution in [0.5, 0.6) is 0 Å². The minimum Gasteiger partial charge on any atom is -0.380 e. The van der Waals surface area contributed by atoms with Crippen LogP contribution in [0.4, 0.5) is 0 Å². The van der Waals surface area contributed by atoms with E-state index in [2.05, 4.69) is 5.32 Å². The van der Waals surface area contributed by atoms with Crippen LogP contribution in [0.25, 0.3) is 0 Å². The van der Waals surface area contributed by atoms with Crippen LogP contribution in [0.2, 0.25) is 0 Å². The SMILES string of the molecule is CC(C)(CCS(C)(=O)=O)NC1CCCOC1. The Morgan fingerprint density at radius 3 is 2.62 bits per heavy atom. The second-order valence-corrected chi connectivity index (χ2v) is 7.58. The van der Waals surface area contributed by atoms with Crippen molar-refractivity contribution in [1.82, 2.24) is 5.32 Å². The molecule has 1 N–H and O–H groups in total. The van der Waals surface area contributed by atoms with Gasteiger partial charge in [-0.2, -0.15) is 0 Å². The van der Waals surface area contributed by atoms with Crippen molar-refractivity contribution in [2.45, 2.75) is 44.7 Å². The van der Waals surface area contributed by atoms with Gasteiger partial charge in [-0.15, -0.1) is 0 Å². The van der Waals surface area contributed by atoms with E-state index in [1.54, 1.807) is 0 Å². The Bertz CT molecular complexity index is 305. The third-order valence-corrected chi connectivity index (χ3v) is 3.80. The van der Waals surface area contributed by atoms with E-state index in [-0.39, 0.29) is 11.3 Å². The molecule has 0 aromatic heterocycles. The van der Waals surface area contributed by atoms with Gasteiger partial charge in [-0.3, -0.25) is 0 Å². The Kier molecular flexibility index (Phi) is 4.76. The van der Waals surface area contributed by atoms with Crippen molar-refractivity contribution in [3.63, 3.8) is 0 Å². The summed E-state index contributed by atoms with van der Waals surface area (Å²) in [6.45, 7) is 5.68. The van der Waals surface area contributed by atoms with Gasteiger partial charge in [-0.05, 0) is 33.1 Å². The maximum Gasteiger partial charge on any atom is 0.147 e. The van der Waals surface area contributed by atoms with E-state index in [9.17, 15) is 8.42 Å². The van der Waals surface area contributed by atoms with Crippen LogP contribution in [0, 0.1) is 0 Å². The Morgan fingerprint density at radius 2 is 2.12 bits per heavy atom. The molecule has 0 aromatic rings. The van der Waals surface area contributed by atoms with Crippen molar-refractivity contribution >= 4 is 9.84 Å². The van der Waals surface area contributed by atoms with Crippen LogP contribution in [-0.4, -0.2) is 45.2 Å². The first-order valence-electron chi connectivity index (χ1n) is 5.82. The van der Waals surface area contributed by atoms with Gasteiger partial charge in [-0.25, -0.2) is 8.42 Å². The average Bonchev–Trinajstić information content (AvgIpc) is 2.15. The van der Waals surface area contributed by atoms with Crippen molar-refractivity contribution in [3.8, 4) is 0 Å². The molecule has 1 saturated heterocycles. The predicted molar refractivity (Wildman–Crippen MR) is 65.4 cm³/mol. The molecule has 1 atom stereocenters. The molecule has 0 spiro atoms. The highest BCUT2D eigenvalue weighted by atomic mass is 32.2. The normalized spacial score (nSPS) is 23.3. The Labute approximate surface area is 98.7 Å². The van der Waals surface area contributed by atoms with E-state index < -0.39 is 9.84 Å². The quantitative estimate of drug-likeness (QED) is 0.789. The molecule has 0 saturated carbocycles. The number of nitrogens with one attached hydrogen (secondary N) is 1. The molecule has 1 rings (SSSR count). The molecule has 1 unspecified atom stereocenters. The smallest absolute Gasteiger partial charge is 0.147 e.